The average molecular weight is 248 g/mol. The molecular formula is C12H12N2O4. The van der Waals surface area contributed by atoms with E-state index >= 15 is 0 Å². The third-order valence-corrected chi connectivity index (χ3v) is 2.42. The van der Waals surface area contributed by atoms with Gasteiger partial charge >= 0.3 is 5.97 Å². The highest BCUT2D eigenvalue weighted by Gasteiger charge is 2.20. The van der Waals surface area contributed by atoms with Crippen LogP contribution in [-0.2, 0) is 6.54 Å². The molecule has 0 radical (unpaired) electrons. The van der Waals surface area contributed by atoms with Crippen LogP contribution in [0.2, 0.25) is 0 Å². The largest absolute Gasteiger partial charge is 0.496 e. The summed E-state index contributed by atoms with van der Waals surface area (Å²) >= 11 is 0. The smallest absolute Gasteiger partial charge is 0.373 e. The average Bonchev–Trinajstić information content (AvgIpc) is 2.82. The van der Waals surface area contributed by atoms with E-state index in [-0.39, 0.29) is 23.9 Å². The summed E-state index contributed by atoms with van der Waals surface area (Å²) in [6, 6.07) is 7.05. The first kappa shape index (κ1) is 12.1. The summed E-state index contributed by atoms with van der Waals surface area (Å²) < 4.78 is 10.4. The number of nitrogens with two attached hydrogens (primary N) is 1. The first-order chi connectivity index (χ1) is 8.67. The number of hydrogen-bond donors (Lipinski definition) is 2. The molecule has 6 nitrogen and oxygen atoms in total. The Labute approximate surface area is 103 Å². The molecule has 1 aromatic carbocycles. The van der Waals surface area contributed by atoms with Crippen LogP contribution in [-0.4, -0.2) is 23.2 Å². The molecule has 0 spiro atoms. The summed E-state index contributed by atoms with van der Waals surface area (Å²) in [5.41, 5.74) is 6.23. The zero-order chi connectivity index (χ0) is 13.1. The lowest BCUT2D eigenvalue weighted by Crippen LogP contribution is -2.04. The van der Waals surface area contributed by atoms with E-state index < -0.39 is 5.97 Å². The highest BCUT2D eigenvalue weighted by Crippen LogP contribution is 2.30. The van der Waals surface area contributed by atoms with Gasteiger partial charge in [0, 0.05) is 6.54 Å². The minimum Gasteiger partial charge on any atom is -0.496 e. The van der Waals surface area contributed by atoms with E-state index in [0.29, 0.717) is 11.3 Å². The first-order valence-electron chi connectivity index (χ1n) is 5.23. The summed E-state index contributed by atoms with van der Waals surface area (Å²) in [7, 11) is 1.52. The molecule has 0 saturated heterocycles. The van der Waals surface area contributed by atoms with Gasteiger partial charge < -0.3 is 20.0 Å². The van der Waals surface area contributed by atoms with Crippen molar-refractivity contribution >= 4 is 5.97 Å². The van der Waals surface area contributed by atoms with E-state index in [1.54, 1.807) is 24.3 Å². The number of aromatic carboxylic acids is 1. The first-order valence-corrected chi connectivity index (χ1v) is 5.23. The summed E-state index contributed by atoms with van der Waals surface area (Å²) in [4.78, 5) is 15.0. The molecule has 0 unspecified atom stereocenters. The number of benzene rings is 1. The van der Waals surface area contributed by atoms with Gasteiger partial charge in [0.25, 0.3) is 0 Å². The molecule has 2 rings (SSSR count). The molecule has 94 valence electrons. The summed E-state index contributed by atoms with van der Waals surface area (Å²) in [5, 5.41) is 8.96. The van der Waals surface area contributed by atoms with Gasteiger partial charge in [-0.15, -0.1) is 0 Å². The van der Waals surface area contributed by atoms with E-state index in [4.69, 9.17) is 20.0 Å². The van der Waals surface area contributed by atoms with Crippen LogP contribution in [0.5, 0.6) is 5.75 Å². The standard InChI is InChI=1S/C12H12N2O4/c1-17-9-5-3-2-4-7(9)11-14-8(6-13)10(18-11)12(15)16/h2-5H,6,13H2,1H3,(H,15,16). The number of carboxylic acid groups (broad SMARTS) is 1. The number of methoxy groups -OCH3 is 1. The lowest BCUT2D eigenvalue weighted by molar-refractivity contribution is 0.0661. The Kier molecular flexibility index (Phi) is 3.29. The van der Waals surface area contributed by atoms with Gasteiger partial charge in [0.1, 0.15) is 11.4 Å². The van der Waals surface area contributed by atoms with Crippen molar-refractivity contribution in [1.82, 2.24) is 4.98 Å². The van der Waals surface area contributed by atoms with Gasteiger partial charge in [-0.2, -0.15) is 0 Å². The Balaban J connectivity index is 2.54. The van der Waals surface area contributed by atoms with Gasteiger partial charge in [0.2, 0.25) is 11.7 Å². The Morgan fingerprint density at radius 3 is 2.78 bits per heavy atom. The minimum atomic E-state index is -1.19. The van der Waals surface area contributed by atoms with Gasteiger partial charge in [-0.1, -0.05) is 12.1 Å². The van der Waals surface area contributed by atoms with Gasteiger partial charge in [-0.05, 0) is 12.1 Å². The molecule has 0 aliphatic heterocycles. The second-order valence-electron chi connectivity index (χ2n) is 3.50. The number of carboxylic acids is 1. The second-order valence-corrected chi connectivity index (χ2v) is 3.50. The van der Waals surface area contributed by atoms with Crippen molar-refractivity contribution in [3.05, 3.63) is 35.7 Å². The zero-order valence-electron chi connectivity index (χ0n) is 9.71. The summed E-state index contributed by atoms with van der Waals surface area (Å²) in [6.07, 6.45) is 0. The predicted octanol–water partition coefficient (Wildman–Crippen LogP) is 1.51. The van der Waals surface area contributed by atoms with Crippen molar-refractivity contribution in [1.29, 1.82) is 0 Å². The number of ether oxygens (including phenoxy) is 1. The molecule has 0 atom stereocenters. The topological polar surface area (TPSA) is 98.6 Å². The zero-order valence-corrected chi connectivity index (χ0v) is 9.71. The molecule has 0 bridgehead atoms. The van der Waals surface area contributed by atoms with Gasteiger partial charge in [0.15, 0.2) is 0 Å². The number of para-hydroxylation sites is 1. The Morgan fingerprint density at radius 2 is 2.22 bits per heavy atom. The molecule has 6 heteroatoms. The maximum Gasteiger partial charge on any atom is 0.373 e. The fourth-order valence-electron chi connectivity index (χ4n) is 1.59. The number of aromatic nitrogens is 1. The lowest BCUT2D eigenvalue weighted by atomic mass is 10.2. The monoisotopic (exact) mass is 248 g/mol. The number of hydrogen-bond acceptors (Lipinski definition) is 5. The molecule has 0 fully saturated rings. The van der Waals surface area contributed by atoms with Crippen molar-refractivity contribution < 1.29 is 19.1 Å². The number of oxazole rings is 1. The third kappa shape index (κ3) is 2.05. The van der Waals surface area contributed by atoms with Crippen molar-refractivity contribution in [2.75, 3.05) is 7.11 Å². The molecule has 0 saturated carbocycles. The molecule has 0 aliphatic rings. The SMILES string of the molecule is COc1ccccc1-c1nc(CN)c(C(=O)O)o1. The molecule has 0 aliphatic carbocycles. The Hall–Kier alpha value is -2.34. The maximum absolute atomic E-state index is 11.0. The number of carbonyl (C=O) groups is 1. The van der Waals surface area contributed by atoms with Crippen LogP contribution in [0.3, 0.4) is 0 Å². The number of rotatable bonds is 4. The van der Waals surface area contributed by atoms with Gasteiger partial charge in [0.05, 0.1) is 12.7 Å². The molecule has 3 N–H and O–H groups in total. The van der Waals surface area contributed by atoms with Crippen LogP contribution >= 0.6 is 0 Å². The predicted molar refractivity (Wildman–Crippen MR) is 63.3 cm³/mol. The maximum atomic E-state index is 11.0. The highest BCUT2D eigenvalue weighted by atomic mass is 16.5. The molecular weight excluding hydrogens is 236 g/mol. The Bertz CT molecular complexity index is 577. The fraction of sp³-hybridized carbons (Fsp3) is 0.167. The second kappa shape index (κ2) is 4.89. The van der Waals surface area contributed by atoms with Crippen LogP contribution in [0, 0.1) is 0 Å². The van der Waals surface area contributed by atoms with Gasteiger partial charge in [-0.3, -0.25) is 0 Å². The summed E-state index contributed by atoms with van der Waals surface area (Å²) in [5.74, 6) is -0.688. The van der Waals surface area contributed by atoms with Crippen LogP contribution in [0.25, 0.3) is 11.5 Å². The van der Waals surface area contributed by atoms with E-state index in [1.165, 1.54) is 7.11 Å². The van der Waals surface area contributed by atoms with Crippen LogP contribution in [0.1, 0.15) is 16.2 Å². The van der Waals surface area contributed by atoms with Crippen molar-refractivity contribution in [3.8, 4) is 17.2 Å². The van der Waals surface area contributed by atoms with Crippen molar-refractivity contribution in [2.24, 2.45) is 5.73 Å². The van der Waals surface area contributed by atoms with Crippen molar-refractivity contribution in [3.63, 3.8) is 0 Å². The molecule has 18 heavy (non-hydrogen) atoms. The van der Waals surface area contributed by atoms with Crippen LogP contribution in [0.15, 0.2) is 28.7 Å². The fourth-order valence-corrected chi connectivity index (χ4v) is 1.59. The molecule has 1 heterocycles. The molecule has 1 aromatic heterocycles. The molecule has 0 amide bonds. The normalized spacial score (nSPS) is 10.3. The van der Waals surface area contributed by atoms with E-state index in [0.717, 1.165) is 0 Å². The molecule has 2 aromatic rings. The number of nitrogens with zero attached hydrogens (tertiary/aromatic N) is 1. The third-order valence-electron chi connectivity index (χ3n) is 2.42. The van der Waals surface area contributed by atoms with Crippen LogP contribution < -0.4 is 10.5 Å². The minimum absolute atomic E-state index is 0.000280. The Morgan fingerprint density at radius 1 is 1.50 bits per heavy atom. The highest BCUT2D eigenvalue weighted by molar-refractivity contribution is 5.86. The van der Waals surface area contributed by atoms with E-state index in [1.807, 2.05) is 0 Å². The lowest BCUT2D eigenvalue weighted by Gasteiger charge is -2.03. The quantitative estimate of drug-likeness (QED) is 0.850. The van der Waals surface area contributed by atoms with Gasteiger partial charge in [-0.25, -0.2) is 9.78 Å². The van der Waals surface area contributed by atoms with Crippen molar-refractivity contribution in [2.45, 2.75) is 6.54 Å². The van der Waals surface area contributed by atoms with E-state index in [9.17, 15) is 4.79 Å². The van der Waals surface area contributed by atoms with Crippen LogP contribution in [0.4, 0.5) is 0 Å². The summed E-state index contributed by atoms with van der Waals surface area (Å²) in [6.45, 7) is 0.000280. The van der Waals surface area contributed by atoms with E-state index in [2.05, 4.69) is 4.98 Å².